The lowest BCUT2D eigenvalue weighted by atomic mass is 9.73. The van der Waals surface area contributed by atoms with Crippen LogP contribution in [0, 0.1) is 23.7 Å². The van der Waals surface area contributed by atoms with Crippen LogP contribution >= 0.6 is 23.4 Å². The first-order chi connectivity index (χ1) is 19.7. The summed E-state index contributed by atoms with van der Waals surface area (Å²) < 4.78 is 6.51. The number of fused-ring (bicyclic) bond motifs is 1. The first-order valence-corrected chi connectivity index (χ1v) is 16.0. The van der Waals surface area contributed by atoms with Crippen LogP contribution in [-0.4, -0.2) is 52.7 Å². The molecule has 2 saturated heterocycles. The van der Waals surface area contributed by atoms with Gasteiger partial charge in [0.05, 0.1) is 17.9 Å². The minimum absolute atomic E-state index is 0.0274. The normalized spacial score (nSPS) is 33.6. The smallest absolute Gasteiger partial charge is 0.246 e. The molecule has 2 aromatic carbocycles. The Bertz CT molecular complexity index is 1380. The van der Waals surface area contributed by atoms with E-state index in [0.29, 0.717) is 22.5 Å². The SMILES string of the molecule is CSc1cccc(NC(=O)[C@@H]2[C@@H]3C=C[C@]4(O3)[C@@H]2C(=O)N(Cc2ccc(Cl)cc2)[C@H]4C(=O)N[C@@H]2CCC[C@@H](C)[C@@H]2C)c1. The third kappa shape index (κ3) is 4.98. The van der Waals surface area contributed by atoms with E-state index in [2.05, 4.69) is 24.5 Å². The molecule has 41 heavy (non-hydrogen) atoms. The van der Waals surface area contributed by atoms with Crippen molar-refractivity contribution in [3.8, 4) is 0 Å². The van der Waals surface area contributed by atoms with Crippen LogP contribution in [0.25, 0.3) is 0 Å². The molecule has 3 fully saturated rings. The van der Waals surface area contributed by atoms with Crippen molar-refractivity contribution in [2.45, 2.75) is 68.3 Å². The van der Waals surface area contributed by atoms with Gasteiger partial charge in [-0.05, 0) is 60.4 Å². The van der Waals surface area contributed by atoms with Crippen LogP contribution in [0.5, 0.6) is 0 Å². The number of rotatable bonds is 7. The summed E-state index contributed by atoms with van der Waals surface area (Å²) in [5.74, 6) is -1.45. The van der Waals surface area contributed by atoms with Gasteiger partial charge in [0.1, 0.15) is 11.6 Å². The van der Waals surface area contributed by atoms with Gasteiger partial charge in [-0.2, -0.15) is 0 Å². The molecule has 3 heterocycles. The number of halogens is 1. The van der Waals surface area contributed by atoms with Gasteiger partial charge in [0.25, 0.3) is 0 Å². The molecule has 2 N–H and O–H groups in total. The summed E-state index contributed by atoms with van der Waals surface area (Å²) >= 11 is 7.71. The Kier molecular flexibility index (Phi) is 7.68. The van der Waals surface area contributed by atoms with Crippen molar-refractivity contribution < 1.29 is 19.1 Å². The number of nitrogens with one attached hydrogen (secondary N) is 2. The number of hydrogen-bond acceptors (Lipinski definition) is 5. The molecule has 4 aliphatic rings. The molecular formula is C32H36ClN3O4S. The van der Waals surface area contributed by atoms with E-state index in [1.165, 1.54) is 0 Å². The van der Waals surface area contributed by atoms with E-state index in [1.807, 2.05) is 54.8 Å². The predicted molar refractivity (Wildman–Crippen MR) is 160 cm³/mol. The summed E-state index contributed by atoms with van der Waals surface area (Å²) in [6.45, 7) is 4.63. The zero-order chi connectivity index (χ0) is 28.9. The number of carbonyl (C=O) groups excluding carboxylic acids is 3. The predicted octanol–water partition coefficient (Wildman–Crippen LogP) is 5.29. The van der Waals surface area contributed by atoms with E-state index >= 15 is 0 Å². The summed E-state index contributed by atoms with van der Waals surface area (Å²) in [6.07, 6.45) is 8.22. The Morgan fingerprint density at radius 3 is 2.66 bits per heavy atom. The van der Waals surface area contributed by atoms with Crippen molar-refractivity contribution in [2.24, 2.45) is 23.7 Å². The second kappa shape index (κ2) is 11.1. The van der Waals surface area contributed by atoms with E-state index in [1.54, 1.807) is 28.8 Å². The van der Waals surface area contributed by atoms with Gasteiger partial charge in [0.2, 0.25) is 17.7 Å². The zero-order valence-electron chi connectivity index (χ0n) is 23.5. The topological polar surface area (TPSA) is 87.7 Å². The summed E-state index contributed by atoms with van der Waals surface area (Å²) in [7, 11) is 0. The lowest BCUT2D eigenvalue weighted by Gasteiger charge is -2.38. The van der Waals surface area contributed by atoms with Crippen LogP contribution in [0.3, 0.4) is 0 Å². The fourth-order valence-corrected chi connectivity index (χ4v) is 7.78. The average Bonchev–Trinajstić information content (AvgIpc) is 3.60. The van der Waals surface area contributed by atoms with E-state index in [4.69, 9.17) is 16.3 Å². The fraction of sp³-hybridized carbons (Fsp3) is 0.469. The Labute approximate surface area is 250 Å². The first kappa shape index (κ1) is 28.3. The third-order valence-electron chi connectivity index (χ3n) is 9.56. The van der Waals surface area contributed by atoms with Gasteiger partial charge in [-0.15, -0.1) is 11.8 Å². The molecule has 3 amide bonds. The standard InChI is InChI=1S/C32H36ClN3O4S/c1-18-6-4-9-24(19(18)2)35-30(38)28-32-15-14-25(40-32)26(29(37)34-22-7-5-8-23(16-22)41-3)27(32)31(39)36(28)17-20-10-12-21(33)13-11-20/h5,7-8,10-16,18-19,24-28H,4,6,9,17H2,1-3H3,(H,34,37)(H,35,38)/t18-,19+,24-,25+,26-,27+,28+,32+/m1/s1. The molecule has 1 saturated carbocycles. The van der Waals surface area contributed by atoms with Gasteiger partial charge in [0, 0.05) is 28.2 Å². The van der Waals surface area contributed by atoms with E-state index in [9.17, 15) is 14.4 Å². The molecular weight excluding hydrogens is 558 g/mol. The van der Waals surface area contributed by atoms with Gasteiger partial charge < -0.3 is 20.3 Å². The highest BCUT2D eigenvalue weighted by atomic mass is 35.5. The van der Waals surface area contributed by atoms with Crippen LogP contribution in [-0.2, 0) is 25.7 Å². The molecule has 0 aromatic heterocycles. The van der Waals surface area contributed by atoms with Crippen molar-refractivity contribution in [1.29, 1.82) is 0 Å². The molecule has 1 spiro atoms. The minimum atomic E-state index is -1.20. The third-order valence-corrected chi connectivity index (χ3v) is 10.5. The summed E-state index contributed by atoms with van der Waals surface area (Å²) in [5, 5.41) is 6.91. The van der Waals surface area contributed by atoms with Gasteiger partial charge in [-0.1, -0.05) is 68.6 Å². The highest BCUT2D eigenvalue weighted by Crippen LogP contribution is 2.55. The van der Waals surface area contributed by atoms with Crippen molar-refractivity contribution in [1.82, 2.24) is 10.2 Å². The highest BCUT2D eigenvalue weighted by molar-refractivity contribution is 7.98. The minimum Gasteiger partial charge on any atom is -0.359 e. The number of anilines is 1. The maximum atomic E-state index is 14.3. The molecule has 6 rings (SSSR count). The fourth-order valence-electron chi connectivity index (χ4n) is 7.20. The average molecular weight is 594 g/mol. The molecule has 0 radical (unpaired) electrons. The number of likely N-dealkylation sites (tertiary alicyclic amines) is 1. The molecule has 2 aromatic rings. The zero-order valence-corrected chi connectivity index (χ0v) is 25.1. The maximum Gasteiger partial charge on any atom is 0.246 e. The molecule has 0 unspecified atom stereocenters. The maximum absolute atomic E-state index is 14.3. The van der Waals surface area contributed by atoms with Crippen LogP contribution in [0.4, 0.5) is 5.69 Å². The van der Waals surface area contributed by atoms with Gasteiger partial charge in [-0.25, -0.2) is 0 Å². The van der Waals surface area contributed by atoms with Crippen molar-refractivity contribution >= 4 is 46.8 Å². The number of nitrogens with zero attached hydrogens (tertiary/aromatic N) is 1. The monoisotopic (exact) mass is 593 g/mol. The van der Waals surface area contributed by atoms with Gasteiger partial charge in [0.15, 0.2) is 0 Å². The van der Waals surface area contributed by atoms with Gasteiger partial charge in [-0.3, -0.25) is 14.4 Å². The summed E-state index contributed by atoms with van der Waals surface area (Å²) in [6, 6.07) is 14.0. The number of amides is 3. The van der Waals surface area contributed by atoms with Crippen molar-refractivity contribution in [3.05, 3.63) is 71.3 Å². The second-order valence-electron chi connectivity index (χ2n) is 11.9. The molecule has 1 aliphatic carbocycles. The number of benzene rings is 2. The molecule has 2 bridgehead atoms. The number of carbonyl (C=O) groups is 3. The van der Waals surface area contributed by atoms with Crippen molar-refractivity contribution in [2.75, 3.05) is 11.6 Å². The van der Waals surface area contributed by atoms with Crippen LogP contribution in [0.15, 0.2) is 65.6 Å². The molecule has 8 atom stereocenters. The molecule has 7 nitrogen and oxygen atoms in total. The Hall–Kier alpha value is -2.81. The van der Waals surface area contributed by atoms with Gasteiger partial charge >= 0.3 is 0 Å². The van der Waals surface area contributed by atoms with E-state index in [-0.39, 0.29) is 30.3 Å². The Balaban J connectivity index is 1.32. The summed E-state index contributed by atoms with van der Waals surface area (Å²) in [4.78, 5) is 44.8. The van der Waals surface area contributed by atoms with Crippen LogP contribution in [0.2, 0.25) is 5.02 Å². The largest absolute Gasteiger partial charge is 0.359 e. The van der Waals surface area contributed by atoms with Crippen LogP contribution in [0.1, 0.15) is 38.7 Å². The Morgan fingerprint density at radius 1 is 1.12 bits per heavy atom. The lowest BCUT2D eigenvalue weighted by molar-refractivity contribution is -0.142. The summed E-state index contributed by atoms with van der Waals surface area (Å²) in [5.41, 5.74) is 0.316. The van der Waals surface area contributed by atoms with E-state index < -0.39 is 29.6 Å². The molecule has 9 heteroatoms. The highest BCUT2D eigenvalue weighted by Gasteiger charge is 2.72. The second-order valence-corrected chi connectivity index (χ2v) is 13.2. The van der Waals surface area contributed by atoms with E-state index in [0.717, 1.165) is 29.7 Å². The van der Waals surface area contributed by atoms with Crippen molar-refractivity contribution in [3.63, 3.8) is 0 Å². The lowest BCUT2D eigenvalue weighted by Crippen LogP contribution is -2.57. The number of hydrogen-bond donors (Lipinski definition) is 2. The number of thioether (sulfide) groups is 1. The molecule has 3 aliphatic heterocycles. The van der Waals surface area contributed by atoms with Crippen LogP contribution < -0.4 is 10.6 Å². The Morgan fingerprint density at radius 2 is 1.90 bits per heavy atom. The molecule has 216 valence electrons. The first-order valence-electron chi connectivity index (χ1n) is 14.4. The number of ether oxygens (including phenoxy) is 1. The quantitative estimate of drug-likeness (QED) is 0.336.